The van der Waals surface area contributed by atoms with Crippen molar-refractivity contribution in [2.75, 3.05) is 30.3 Å². The van der Waals surface area contributed by atoms with Gasteiger partial charge in [-0.25, -0.2) is 9.55 Å². The van der Waals surface area contributed by atoms with Crippen molar-refractivity contribution in [2.45, 2.75) is 31.8 Å². The maximum atomic E-state index is 13.4. The molecule has 4 N–H and O–H groups in total. The van der Waals surface area contributed by atoms with Crippen molar-refractivity contribution >= 4 is 36.6 Å². The third-order valence-corrected chi connectivity index (χ3v) is 7.88. The van der Waals surface area contributed by atoms with Crippen LogP contribution in [0.2, 0.25) is 0 Å². The lowest BCUT2D eigenvalue weighted by Crippen LogP contribution is -2.38. The Labute approximate surface area is 207 Å². The van der Waals surface area contributed by atoms with E-state index < -0.39 is 19.8 Å². The van der Waals surface area contributed by atoms with Crippen molar-refractivity contribution in [1.82, 2.24) is 24.6 Å². The van der Waals surface area contributed by atoms with Gasteiger partial charge in [0.2, 0.25) is 5.95 Å². The molecule has 1 aliphatic heterocycles. The molecule has 0 saturated carbocycles. The number of fused-ring (bicyclic) bond motifs is 1. The third-order valence-electron chi connectivity index (χ3n) is 6.23. The highest BCUT2D eigenvalue weighted by molar-refractivity contribution is 7.52. The van der Waals surface area contributed by atoms with Crippen LogP contribution in [0.25, 0.3) is 11.2 Å². The summed E-state index contributed by atoms with van der Waals surface area (Å²) < 4.78 is 26.7. The van der Waals surface area contributed by atoms with E-state index in [1.807, 2.05) is 16.7 Å². The second-order valence-electron chi connectivity index (χ2n) is 8.90. The molecule has 12 nitrogen and oxygen atoms in total. The monoisotopic (exact) mass is 513 g/mol. The fourth-order valence-corrected chi connectivity index (χ4v) is 5.74. The Morgan fingerprint density at radius 3 is 2.75 bits per heavy atom. The summed E-state index contributed by atoms with van der Waals surface area (Å²) in [6.45, 7) is 3.28. The molecule has 0 unspecified atom stereocenters. The Bertz CT molecular complexity index is 1330. The van der Waals surface area contributed by atoms with Crippen LogP contribution in [-0.4, -0.2) is 56.3 Å². The number of rotatable bonds is 10. The summed E-state index contributed by atoms with van der Waals surface area (Å²) in [5.41, 5.74) is 7.37. The number of aliphatic carboxylic acids is 1. The van der Waals surface area contributed by atoms with Crippen LogP contribution < -0.4 is 20.2 Å². The van der Waals surface area contributed by atoms with E-state index in [0.717, 1.165) is 25.3 Å². The fourth-order valence-electron chi connectivity index (χ4n) is 4.19. The molecule has 2 aromatic heterocycles. The zero-order valence-corrected chi connectivity index (χ0v) is 20.6. The summed E-state index contributed by atoms with van der Waals surface area (Å²) in [5.74, 6) is 0.0109. The molecule has 1 aromatic carbocycles. The zero-order valence-electron chi connectivity index (χ0n) is 19.7. The highest BCUT2D eigenvalue weighted by atomic mass is 31.2. The summed E-state index contributed by atoms with van der Waals surface area (Å²) in [6.07, 6.45) is 7.49. The standard InChI is InChI=1S/C23H28N7O5P/c1-15(22(31)32)28-36(33,35-18-6-3-2-4-7-18)34-13-16-8-9-17(12-16)30-14-25-19-20(29-10-5-11-29)26-23(24)27-21(19)30/h2-4,6-9,14-17H,5,10-13H2,1H3,(H,28,33)(H,31,32)(H2,24,26,27)/t15-,16+,17-,36-/m0/s1. The van der Waals surface area contributed by atoms with Gasteiger partial charge in [-0.05, 0) is 31.9 Å². The van der Waals surface area contributed by atoms with E-state index >= 15 is 0 Å². The number of nitrogens with zero attached hydrogens (tertiary/aromatic N) is 5. The molecule has 36 heavy (non-hydrogen) atoms. The Morgan fingerprint density at radius 1 is 1.28 bits per heavy atom. The first-order chi connectivity index (χ1) is 17.3. The number of nitrogens with two attached hydrogens (primary N) is 1. The van der Waals surface area contributed by atoms with Crippen molar-refractivity contribution in [1.29, 1.82) is 0 Å². The number of hydrogen-bond donors (Lipinski definition) is 3. The highest BCUT2D eigenvalue weighted by Gasteiger charge is 2.33. The van der Waals surface area contributed by atoms with Gasteiger partial charge in [-0.15, -0.1) is 0 Å². The maximum absolute atomic E-state index is 13.4. The van der Waals surface area contributed by atoms with Crippen LogP contribution >= 0.6 is 7.75 Å². The topological polar surface area (TPSA) is 158 Å². The Kier molecular flexibility index (Phi) is 6.65. The zero-order chi connectivity index (χ0) is 25.3. The van der Waals surface area contributed by atoms with Crippen molar-refractivity contribution in [3.63, 3.8) is 0 Å². The number of anilines is 2. The average Bonchev–Trinajstić information content (AvgIpc) is 3.44. The number of carboxylic acids is 1. The van der Waals surface area contributed by atoms with Gasteiger partial charge >= 0.3 is 13.7 Å². The van der Waals surface area contributed by atoms with E-state index in [0.29, 0.717) is 23.3 Å². The smallest absolute Gasteiger partial charge is 0.459 e. The number of para-hydroxylation sites is 1. The minimum absolute atomic E-state index is 0.0533. The van der Waals surface area contributed by atoms with E-state index in [-0.39, 0.29) is 24.5 Å². The van der Waals surface area contributed by atoms with E-state index in [1.165, 1.54) is 6.92 Å². The maximum Gasteiger partial charge on any atom is 0.459 e. The molecule has 2 aliphatic rings. The molecule has 0 radical (unpaired) electrons. The minimum atomic E-state index is -3.97. The van der Waals surface area contributed by atoms with Gasteiger partial charge in [-0.2, -0.15) is 15.1 Å². The number of carboxylic acid groups (broad SMARTS) is 1. The molecule has 0 amide bonds. The Morgan fingerprint density at radius 2 is 2.06 bits per heavy atom. The van der Waals surface area contributed by atoms with E-state index in [4.69, 9.17) is 14.8 Å². The summed E-state index contributed by atoms with van der Waals surface area (Å²) in [7, 11) is -3.97. The number of imidazole rings is 1. The summed E-state index contributed by atoms with van der Waals surface area (Å²) in [4.78, 5) is 26.9. The fraction of sp³-hybridized carbons (Fsp3) is 0.391. The van der Waals surface area contributed by atoms with E-state index in [1.54, 1.807) is 36.7 Å². The van der Waals surface area contributed by atoms with Crippen LogP contribution in [0.3, 0.4) is 0 Å². The quantitative estimate of drug-likeness (QED) is 0.270. The second kappa shape index (κ2) is 9.88. The first-order valence-electron chi connectivity index (χ1n) is 11.7. The Balaban J connectivity index is 1.28. The van der Waals surface area contributed by atoms with Crippen LogP contribution in [0.15, 0.2) is 48.8 Å². The number of nitrogens with one attached hydrogen (secondary N) is 1. The number of carbonyl (C=O) groups is 1. The molecular weight excluding hydrogens is 485 g/mol. The molecule has 3 aromatic rings. The molecule has 1 fully saturated rings. The number of hydrogen-bond acceptors (Lipinski definition) is 9. The number of allylic oxidation sites excluding steroid dienone is 1. The number of nitrogen functional groups attached to an aromatic ring is 1. The van der Waals surface area contributed by atoms with Crippen molar-refractivity contribution < 1.29 is 23.5 Å². The molecule has 0 bridgehead atoms. The van der Waals surface area contributed by atoms with Gasteiger partial charge in [0, 0.05) is 19.0 Å². The van der Waals surface area contributed by atoms with Crippen molar-refractivity contribution in [3.8, 4) is 5.75 Å². The summed E-state index contributed by atoms with van der Waals surface area (Å²) >= 11 is 0. The van der Waals surface area contributed by atoms with Crippen molar-refractivity contribution in [3.05, 3.63) is 48.8 Å². The molecule has 13 heteroatoms. The average molecular weight is 513 g/mol. The lowest BCUT2D eigenvalue weighted by atomic mass is 10.1. The van der Waals surface area contributed by atoms with Crippen LogP contribution in [0, 0.1) is 5.92 Å². The van der Waals surface area contributed by atoms with Gasteiger partial charge in [0.15, 0.2) is 17.0 Å². The summed E-state index contributed by atoms with van der Waals surface area (Å²) in [6, 6.07) is 7.31. The lowest BCUT2D eigenvalue weighted by molar-refractivity contribution is -0.138. The largest absolute Gasteiger partial charge is 0.480 e. The van der Waals surface area contributed by atoms with Gasteiger partial charge in [0.05, 0.1) is 19.0 Å². The molecular formula is C23H28N7O5P. The molecule has 4 atom stereocenters. The molecule has 5 rings (SSSR count). The first-order valence-corrected chi connectivity index (χ1v) is 13.3. The van der Waals surface area contributed by atoms with E-state index in [9.17, 15) is 14.5 Å². The van der Waals surface area contributed by atoms with Gasteiger partial charge in [-0.1, -0.05) is 30.4 Å². The third kappa shape index (κ3) is 5.06. The van der Waals surface area contributed by atoms with Gasteiger partial charge < -0.3 is 24.8 Å². The number of aromatic nitrogens is 4. The molecule has 0 spiro atoms. The van der Waals surface area contributed by atoms with Crippen LogP contribution in [-0.2, 0) is 13.9 Å². The molecule has 1 aliphatic carbocycles. The van der Waals surface area contributed by atoms with Crippen LogP contribution in [0.1, 0.15) is 25.8 Å². The summed E-state index contributed by atoms with van der Waals surface area (Å²) in [5, 5.41) is 11.8. The van der Waals surface area contributed by atoms with Gasteiger partial charge in [-0.3, -0.25) is 9.32 Å². The second-order valence-corrected chi connectivity index (χ2v) is 10.6. The van der Waals surface area contributed by atoms with Gasteiger partial charge in [0.1, 0.15) is 11.8 Å². The normalized spacial score (nSPS) is 21.8. The lowest BCUT2D eigenvalue weighted by Gasteiger charge is -2.32. The van der Waals surface area contributed by atoms with Crippen LogP contribution in [0.5, 0.6) is 5.75 Å². The van der Waals surface area contributed by atoms with Crippen LogP contribution in [0.4, 0.5) is 11.8 Å². The predicted molar refractivity (Wildman–Crippen MR) is 134 cm³/mol. The predicted octanol–water partition coefficient (Wildman–Crippen LogP) is 3.00. The van der Waals surface area contributed by atoms with Gasteiger partial charge in [0.25, 0.3) is 0 Å². The molecule has 190 valence electrons. The molecule has 1 saturated heterocycles. The van der Waals surface area contributed by atoms with E-state index in [2.05, 4.69) is 24.9 Å². The number of benzene rings is 1. The SMILES string of the molecule is C[C@H](N[P@](=O)(OC[C@@H]1C=C[C@H](n2cnc3c(N4CCC4)nc(N)nc32)C1)Oc1ccccc1)C(=O)O. The minimum Gasteiger partial charge on any atom is -0.480 e. The van der Waals surface area contributed by atoms with Crippen molar-refractivity contribution in [2.24, 2.45) is 5.92 Å². The highest BCUT2D eigenvalue weighted by Crippen LogP contribution is 2.46. The first kappa shape index (κ1) is 24.2. The Hall–Kier alpha value is -3.47. The molecule has 3 heterocycles.